The SMILES string of the molecule is CCNC(Cc1ccsc1)C1CCc2ccccc21. The Balaban J connectivity index is 1.81. The maximum atomic E-state index is 3.71. The zero-order valence-corrected chi connectivity index (χ0v) is 12.2. The van der Waals surface area contributed by atoms with Gasteiger partial charge in [-0.2, -0.15) is 11.3 Å². The van der Waals surface area contributed by atoms with Crippen molar-refractivity contribution in [1.29, 1.82) is 0 Å². The number of aryl methyl sites for hydroxylation is 1. The summed E-state index contributed by atoms with van der Waals surface area (Å²) in [5.41, 5.74) is 4.60. The lowest BCUT2D eigenvalue weighted by Crippen LogP contribution is -2.35. The third kappa shape index (κ3) is 2.75. The van der Waals surface area contributed by atoms with Gasteiger partial charge in [0.05, 0.1) is 0 Å². The standard InChI is InChI=1S/C17H21NS/c1-2-18-17(11-13-9-10-19-12-13)16-8-7-14-5-3-4-6-15(14)16/h3-6,9-10,12,16-18H,2,7-8,11H2,1H3. The van der Waals surface area contributed by atoms with E-state index in [2.05, 4.69) is 53.3 Å². The minimum absolute atomic E-state index is 0.572. The van der Waals surface area contributed by atoms with Crippen molar-refractivity contribution in [3.8, 4) is 0 Å². The minimum atomic E-state index is 0.572. The highest BCUT2D eigenvalue weighted by atomic mass is 32.1. The molecule has 0 saturated heterocycles. The van der Waals surface area contributed by atoms with E-state index in [4.69, 9.17) is 0 Å². The van der Waals surface area contributed by atoms with Crippen LogP contribution >= 0.6 is 11.3 Å². The fourth-order valence-electron chi connectivity index (χ4n) is 3.29. The molecular weight excluding hydrogens is 250 g/mol. The van der Waals surface area contributed by atoms with Crippen LogP contribution in [0, 0.1) is 0 Å². The highest BCUT2D eigenvalue weighted by Gasteiger charge is 2.29. The predicted octanol–water partition coefficient (Wildman–Crippen LogP) is 4.00. The molecule has 1 nitrogen and oxygen atoms in total. The van der Waals surface area contributed by atoms with Gasteiger partial charge in [-0.25, -0.2) is 0 Å². The second kappa shape index (κ2) is 5.89. The lowest BCUT2D eigenvalue weighted by atomic mass is 9.89. The monoisotopic (exact) mass is 271 g/mol. The van der Waals surface area contributed by atoms with Crippen LogP contribution in [0.3, 0.4) is 0 Å². The number of likely N-dealkylation sites (N-methyl/N-ethyl adjacent to an activating group) is 1. The van der Waals surface area contributed by atoms with E-state index in [1.165, 1.54) is 18.4 Å². The summed E-state index contributed by atoms with van der Waals surface area (Å²) in [4.78, 5) is 0. The van der Waals surface area contributed by atoms with E-state index in [1.807, 2.05) is 0 Å². The molecule has 0 amide bonds. The molecule has 3 rings (SSSR count). The van der Waals surface area contributed by atoms with Crippen LogP contribution in [0.4, 0.5) is 0 Å². The average molecular weight is 271 g/mol. The van der Waals surface area contributed by atoms with Gasteiger partial charge in [-0.3, -0.25) is 0 Å². The van der Waals surface area contributed by atoms with Crippen LogP contribution < -0.4 is 5.32 Å². The number of benzene rings is 1. The summed E-state index contributed by atoms with van der Waals surface area (Å²) in [5, 5.41) is 8.17. The minimum Gasteiger partial charge on any atom is -0.313 e. The Labute approximate surface area is 119 Å². The van der Waals surface area contributed by atoms with Crippen LogP contribution in [-0.2, 0) is 12.8 Å². The average Bonchev–Trinajstić information content (AvgIpc) is 3.07. The number of nitrogens with one attached hydrogen (secondary N) is 1. The lowest BCUT2D eigenvalue weighted by Gasteiger charge is -2.25. The van der Waals surface area contributed by atoms with Crippen LogP contribution in [0.5, 0.6) is 0 Å². The van der Waals surface area contributed by atoms with Gasteiger partial charge in [-0.05, 0) is 59.3 Å². The van der Waals surface area contributed by atoms with Gasteiger partial charge >= 0.3 is 0 Å². The largest absolute Gasteiger partial charge is 0.313 e. The molecule has 2 atom stereocenters. The molecule has 1 aromatic carbocycles. The van der Waals surface area contributed by atoms with Crippen molar-refractivity contribution in [3.05, 3.63) is 57.8 Å². The van der Waals surface area contributed by atoms with Crippen LogP contribution in [0.15, 0.2) is 41.1 Å². The van der Waals surface area contributed by atoms with Crippen molar-refractivity contribution in [3.63, 3.8) is 0 Å². The quantitative estimate of drug-likeness (QED) is 0.866. The summed E-state index contributed by atoms with van der Waals surface area (Å²) < 4.78 is 0. The molecule has 2 heteroatoms. The van der Waals surface area contributed by atoms with Gasteiger partial charge in [0.25, 0.3) is 0 Å². The fraction of sp³-hybridized carbons (Fsp3) is 0.412. The number of hydrogen-bond donors (Lipinski definition) is 1. The van der Waals surface area contributed by atoms with E-state index in [-0.39, 0.29) is 0 Å². The molecular formula is C17H21NS. The van der Waals surface area contributed by atoms with Crippen molar-refractivity contribution in [2.75, 3.05) is 6.54 Å². The molecule has 0 aliphatic heterocycles. The molecule has 1 aliphatic rings. The summed E-state index contributed by atoms with van der Waals surface area (Å²) in [6.07, 6.45) is 3.68. The first-order valence-corrected chi connectivity index (χ1v) is 8.15. The van der Waals surface area contributed by atoms with Gasteiger partial charge in [-0.15, -0.1) is 0 Å². The molecule has 0 fully saturated rings. The Kier molecular flexibility index (Phi) is 4.00. The molecule has 2 unspecified atom stereocenters. The summed E-state index contributed by atoms with van der Waals surface area (Å²) >= 11 is 1.80. The molecule has 0 radical (unpaired) electrons. The summed E-state index contributed by atoms with van der Waals surface area (Å²) in [5.74, 6) is 0.677. The number of rotatable bonds is 5. The third-order valence-corrected chi connectivity index (χ3v) is 4.90. The number of hydrogen-bond acceptors (Lipinski definition) is 2. The molecule has 0 saturated carbocycles. The molecule has 2 aromatic rings. The molecule has 1 N–H and O–H groups in total. The molecule has 0 bridgehead atoms. The second-order valence-electron chi connectivity index (χ2n) is 5.34. The molecule has 1 heterocycles. The van der Waals surface area contributed by atoms with Gasteiger partial charge < -0.3 is 5.32 Å². The number of fused-ring (bicyclic) bond motifs is 1. The van der Waals surface area contributed by atoms with Crippen molar-refractivity contribution in [2.24, 2.45) is 0 Å². The van der Waals surface area contributed by atoms with Crippen LogP contribution in [0.25, 0.3) is 0 Å². The maximum Gasteiger partial charge on any atom is 0.0177 e. The zero-order valence-electron chi connectivity index (χ0n) is 11.4. The topological polar surface area (TPSA) is 12.0 Å². The summed E-state index contributed by atoms with van der Waals surface area (Å²) in [6.45, 7) is 3.26. The van der Waals surface area contributed by atoms with E-state index in [1.54, 1.807) is 22.5 Å². The van der Waals surface area contributed by atoms with Crippen molar-refractivity contribution >= 4 is 11.3 Å². The van der Waals surface area contributed by atoms with Crippen molar-refractivity contribution in [2.45, 2.75) is 38.1 Å². The van der Waals surface area contributed by atoms with Crippen molar-refractivity contribution < 1.29 is 0 Å². The molecule has 19 heavy (non-hydrogen) atoms. The van der Waals surface area contributed by atoms with Gasteiger partial charge in [0.15, 0.2) is 0 Å². The molecule has 1 aliphatic carbocycles. The number of thiophene rings is 1. The Bertz CT molecular complexity index is 518. The summed E-state index contributed by atoms with van der Waals surface area (Å²) in [7, 11) is 0. The van der Waals surface area contributed by atoms with Gasteiger partial charge in [0.1, 0.15) is 0 Å². The van der Waals surface area contributed by atoms with Gasteiger partial charge in [-0.1, -0.05) is 31.2 Å². The molecule has 1 aromatic heterocycles. The van der Waals surface area contributed by atoms with Crippen LogP contribution in [0.2, 0.25) is 0 Å². The molecule has 0 spiro atoms. The van der Waals surface area contributed by atoms with E-state index in [0.29, 0.717) is 12.0 Å². The Morgan fingerprint density at radius 2 is 2.21 bits per heavy atom. The first-order chi connectivity index (χ1) is 9.38. The van der Waals surface area contributed by atoms with E-state index in [9.17, 15) is 0 Å². The highest BCUT2D eigenvalue weighted by Crippen LogP contribution is 2.36. The van der Waals surface area contributed by atoms with Crippen LogP contribution in [-0.4, -0.2) is 12.6 Å². The van der Waals surface area contributed by atoms with E-state index in [0.717, 1.165) is 13.0 Å². The normalized spacial score (nSPS) is 19.3. The van der Waals surface area contributed by atoms with E-state index >= 15 is 0 Å². The highest BCUT2D eigenvalue weighted by molar-refractivity contribution is 7.07. The first-order valence-electron chi connectivity index (χ1n) is 7.20. The second-order valence-corrected chi connectivity index (χ2v) is 6.12. The first kappa shape index (κ1) is 12.9. The lowest BCUT2D eigenvalue weighted by molar-refractivity contribution is 0.435. The van der Waals surface area contributed by atoms with Crippen molar-refractivity contribution in [1.82, 2.24) is 5.32 Å². The van der Waals surface area contributed by atoms with Gasteiger partial charge in [0, 0.05) is 12.0 Å². The van der Waals surface area contributed by atoms with Gasteiger partial charge in [0.2, 0.25) is 0 Å². The molecule has 100 valence electrons. The maximum absolute atomic E-state index is 3.71. The smallest absolute Gasteiger partial charge is 0.0177 e. The summed E-state index contributed by atoms with van der Waals surface area (Å²) in [6, 6.07) is 11.8. The zero-order chi connectivity index (χ0) is 13.1. The van der Waals surface area contributed by atoms with E-state index < -0.39 is 0 Å². The Morgan fingerprint density at radius 3 is 3.00 bits per heavy atom. The predicted molar refractivity (Wildman–Crippen MR) is 83.0 cm³/mol. The third-order valence-electron chi connectivity index (χ3n) is 4.17. The van der Waals surface area contributed by atoms with Crippen LogP contribution in [0.1, 0.15) is 36.0 Å². The Morgan fingerprint density at radius 1 is 1.32 bits per heavy atom. The fourth-order valence-corrected chi connectivity index (χ4v) is 3.97. The Hall–Kier alpha value is -1.12.